The topological polar surface area (TPSA) is 141 Å². The summed E-state index contributed by atoms with van der Waals surface area (Å²) in [7, 11) is 0. The second-order valence-corrected chi connectivity index (χ2v) is 12.0. The second-order valence-electron chi connectivity index (χ2n) is 10.7. The van der Waals surface area contributed by atoms with Gasteiger partial charge in [0.25, 0.3) is 5.91 Å². The molecule has 1 aliphatic heterocycles. The number of ether oxygens (including phenoxy) is 1. The normalized spacial score (nSPS) is 14.2. The van der Waals surface area contributed by atoms with Crippen LogP contribution in [-0.2, 0) is 9.59 Å². The standard InChI is InChI=1S/C37H30N4O6S/c1-3-47-32-15-9-10-24(33(32)42)20-31-35(44)41(26-11-5-4-6-12-26)37(40-31)48-22(2)34(43)38-25-18-16-23(17-19-25)30-21-28(36(45)46)27-13-7-8-14-29(27)39-30/h4-22,42H,3H2,1-2H3,(H,38,43)(H,45,46)/b31-20-. The molecule has 0 spiro atoms. The van der Waals surface area contributed by atoms with E-state index in [9.17, 15) is 24.6 Å². The Bertz CT molecular complexity index is 2100. The van der Waals surface area contributed by atoms with Gasteiger partial charge in [-0.25, -0.2) is 14.8 Å². The van der Waals surface area contributed by atoms with Crippen molar-refractivity contribution in [2.75, 3.05) is 16.8 Å². The number of aromatic carboxylic acids is 1. The van der Waals surface area contributed by atoms with Crippen LogP contribution in [0.15, 0.2) is 114 Å². The molecule has 1 aromatic heterocycles. The van der Waals surface area contributed by atoms with Crippen LogP contribution in [0.2, 0.25) is 0 Å². The number of aromatic nitrogens is 1. The van der Waals surface area contributed by atoms with E-state index in [0.717, 1.165) is 11.8 Å². The molecule has 0 bridgehead atoms. The average Bonchev–Trinajstić information content (AvgIpc) is 3.40. The summed E-state index contributed by atoms with van der Waals surface area (Å²) in [6.07, 6.45) is 1.50. The molecule has 0 saturated carbocycles. The summed E-state index contributed by atoms with van der Waals surface area (Å²) < 4.78 is 5.48. The number of carbonyl (C=O) groups excluding carboxylic acids is 2. The summed E-state index contributed by atoms with van der Waals surface area (Å²) in [6.45, 7) is 3.90. The number of benzene rings is 4. The van der Waals surface area contributed by atoms with Gasteiger partial charge in [0, 0.05) is 22.2 Å². The van der Waals surface area contributed by atoms with Crippen molar-refractivity contribution in [3.63, 3.8) is 0 Å². The van der Waals surface area contributed by atoms with Gasteiger partial charge in [-0.3, -0.25) is 14.5 Å². The Hall–Kier alpha value is -5.94. The van der Waals surface area contributed by atoms with E-state index in [0.29, 0.717) is 56.6 Å². The van der Waals surface area contributed by atoms with Crippen LogP contribution in [0.4, 0.5) is 11.4 Å². The van der Waals surface area contributed by atoms with E-state index in [4.69, 9.17) is 4.74 Å². The highest BCUT2D eigenvalue weighted by Gasteiger charge is 2.34. The number of para-hydroxylation sites is 3. The number of aromatic hydroxyl groups is 1. The molecule has 0 aliphatic carbocycles. The number of nitrogens with one attached hydrogen (secondary N) is 1. The lowest BCUT2D eigenvalue weighted by Gasteiger charge is -2.20. The van der Waals surface area contributed by atoms with Crippen molar-refractivity contribution in [1.29, 1.82) is 0 Å². The van der Waals surface area contributed by atoms with Gasteiger partial charge < -0.3 is 20.3 Å². The third kappa shape index (κ3) is 6.62. The molecular weight excluding hydrogens is 628 g/mol. The highest BCUT2D eigenvalue weighted by atomic mass is 32.2. The van der Waals surface area contributed by atoms with E-state index < -0.39 is 17.1 Å². The molecule has 1 atom stereocenters. The Morgan fingerprint density at radius 2 is 1.71 bits per heavy atom. The zero-order chi connectivity index (χ0) is 33.8. The van der Waals surface area contributed by atoms with Crippen LogP contribution in [0.25, 0.3) is 28.2 Å². The first kappa shape index (κ1) is 32.0. The molecular formula is C37H30N4O6S. The van der Waals surface area contributed by atoms with E-state index in [1.165, 1.54) is 11.0 Å². The SMILES string of the molecule is CCOc1cccc(/C=C2\N=C(SC(C)C(=O)Nc3ccc(-c4cc(C(=O)O)c5ccccc5n4)cc3)N(c3ccccc3)C2=O)c1O. The minimum Gasteiger partial charge on any atom is -0.504 e. The molecule has 0 radical (unpaired) electrons. The number of thioether (sulfide) groups is 1. The molecule has 1 aliphatic rings. The van der Waals surface area contributed by atoms with Crippen molar-refractivity contribution in [3.05, 3.63) is 120 Å². The summed E-state index contributed by atoms with van der Waals surface area (Å²) in [6, 6.07) is 29.6. The minimum absolute atomic E-state index is 0.0975. The molecule has 3 N–H and O–H groups in total. The third-order valence-electron chi connectivity index (χ3n) is 7.51. The number of carbonyl (C=O) groups is 3. The number of amides is 2. The van der Waals surface area contributed by atoms with E-state index in [2.05, 4.69) is 15.3 Å². The highest BCUT2D eigenvalue weighted by Crippen LogP contribution is 2.35. The zero-order valence-electron chi connectivity index (χ0n) is 26.0. The molecule has 0 saturated heterocycles. The van der Waals surface area contributed by atoms with Gasteiger partial charge in [0.1, 0.15) is 5.70 Å². The molecule has 0 fully saturated rings. The number of pyridine rings is 1. The number of hydrogen-bond acceptors (Lipinski definition) is 8. The molecule has 5 aromatic rings. The fraction of sp³-hybridized carbons (Fsp3) is 0.108. The first-order chi connectivity index (χ1) is 23.2. The van der Waals surface area contributed by atoms with Crippen LogP contribution < -0.4 is 15.0 Å². The largest absolute Gasteiger partial charge is 0.504 e. The van der Waals surface area contributed by atoms with Crippen molar-refractivity contribution in [1.82, 2.24) is 4.98 Å². The van der Waals surface area contributed by atoms with Crippen LogP contribution in [0.1, 0.15) is 29.8 Å². The molecule has 48 heavy (non-hydrogen) atoms. The van der Waals surface area contributed by atoms with E-state index in [1.807, 2.05) is 13.0 Å². The summed E-state index contributed by atoms with van der Waals surface area (Å²) in [4.78, 5) is 49.5. The molecule has 10 nitrogen and oxygen atoms in total. The maximum Gasteiger partial charge on any atom is 0.336 e. The number of anilines is 2. The first-order valence-electron chi connectivity index (χ1n) is 15.1. The van der Waals surface area contributed by atoms with Crippen LogP contribution in [0.3, 0.4) is 0 Å². The lowest BCUT2D eigenvalue weighted by molar-refractivity contribution is -0.115. The Morgan fingerprint density at radius 3 is 2.44 bits per heavy atom. The van der Waals surface area contributed by atoms with E-state index in [1.54, 1.807) is 104 Å². The number of hydrogen-bond donors (Lipinski definition) is 3. The summed E-state index contributed by atoms with van der Waals surface area (Å²) in [5.74, 6) is -1.55. The number of amidine groups is 1. The van der Waals surface area contributed by atoms with E-state index in [-0.39, 0.29) is 22.9 Å². The van der Waals surface area contributed by atoms with Gasteiger partial charge in [-0.05, 0) is 62.4 Å². The number of carboxylic acids is 1. The van der Waals surface area contributed by atoms with Gasteiger partial charge in [0.15, 0.2) is 16.7 Å². The number of nitrogens with zero attached hydrogens (tertiary/aromatic N) is 3. The first-order valence-corrected chi connectivity index (χ1v) is 16.0. The van der Waals surface area contributed by atoms with Crippen molar-refractivity contribution >= 4 is 63.1 Å². The number of phenolic OH excluding ortho intramolecular Hbond substituents is 1. The van der Waals surface area contributed by atoms with Crippen molar-refractivity contribution in [3.8, 4) is 22.8 Å². The van der Waals surface area contributed by atoms with Gasteiger partial charge in [0.05, 0.1) is 34.3 Å². The van der Waals surface area contributed by atoms with Crippen LogP contribution in [0, 0.1) is 0 Å². The minimum atomic E-state index is -1.04. The predicted molar refractivity (Wildman–Crippen MR) is 188 cm³/mol. The van der Waals surface area contributed by atoms with Crippen molar-refractivity contribution in [2.45, 2.75) is 19.1 Å². The molecule has 2 heterocycles. The average molecular weight is 659 g/mol. The number of fused-ring (bicyclic) bond motifs is 1. The van der Waals surface area contributed by atoms with E-state index >= 15 is 0 Å². The number of phenols is 1. The Balaban J connectivity index is 1.21. The predicted octanol–water partition coefficient (Wildman–Crippen LogP) is 7.21. The van der Waals surface area contributed by atoms with Gasteiger partial charge in [-0.15, -0.1) is 0 Å². The van der Waals surface area contributed by atoms with Crippen LogP contribution >= 0.6 is 11.8 Å². The smallest absolute Gasteiger partial charge is 0.336 e. The van der Waals surface area contributed by atoms with Gasteiger partial charge in [0.2, 0.25) is 5.91 Å². The second kappa shape index (κ2) is 13.8. The lowest BCUT2D eigenvalue weighted by atomic mass is 10.0. The van der Waals surface area contributed by atoms with Gasteiger partial charge >= 0.3 is 5.97 Å². The highest BCUT2D eigenvalue weighted by molar-refractivity contribution is 8.15. The third-order valence-corrected chi connectivity index (χ3v) is 8.56. The Kier molecular flexibility index (Phi) is 9.22. The quantitative estimate of drug-likeness (QED) is 0.141. The Labute approximate surface area is 280 Å². The van der Waals surface area contributed by atoms with Crippen molar-refractivity contribution < 1.29 is 29.3 Å². The maximum absolute atomic E-state index is 13.6. The zero-order valence-corrected chi connectivity index (χ0v) is 26.8. The number of carboxylic acid groups (broad SMARTS) is 1. The maximum atomic E-state index is 13.6. The molecule has 11 heteroatoms. The molecule has 240 valence electrons. The molecule has 1 unspecified atom stereocenters. The molecule has 6 rings (SSSR count). The molecule has 2 amide bonds. The van der Waals surface area contributed by atoms with Gasteiger partial charge in [-0.1, -0.05) is 72.4 Å². The van der Waals surface area contributed by atoms with Crippen LogP contribution in [-0.4, -0.2) is 50.0 Å². The number of aliphatic imine (C=N–C) groups is 1. The Morgan fingerprint density at radius 1 is 0.979 bits per heavy atom. The molecule has 4 aromatic carbocycles. The summed E-state index contributed by atoms with van der Waals surface area (Å²) >= 11 is 1.13. The monoisotopic (exact) mass is 658 g/mol. The number of rotatable bonds is 9. The van der Waals surface area contributed by atoms with Gasteiger partial charge in [-0.2, -0.15) is 0 Å². The summed E-state index contributed by atoms with van der Waals surface area (Å²) in [5, 5.41) is 23.6. The fourth-order valence-corrected chi connectivity index (χ4v) is 6.06. The lowest BCUT2D eigenvalue weighted by Crippen LogP contribution is -2.33. The van der Waals surface area contributed by atoms with Crippen LogP contribution in [0.5, 0.6) is 11.5 Å². The summed E-state index contributed by atoms with van der Waals surface area (Å²) in [5.41, 5.74) is 3.51. The fourth-order valence-electron chi connectivity index (χ4n) is 5.14. The van der Waals surface area contributed by atoms with Crippen molar-refractivity contribution in [2.24, 2.45) is 4.99 Å².